The van der Waals surface area contributed by atoms with Crippen molar-refractivity contribution >= 4 is 23.2 Å². The number of amides is 2. The van der Waals surface area contributed by atoms with Crippen LogP contribution in [0.3, 0.4) is 0 Å². The van der Waals surface area contributed by atoms with Gasteiger partial charge in [0.15, 0.2) is 11.5 Å². The molecule has 0 saturated heterocycles. The van der Waals surface area contributed by atoms with Gasteiger partial charge in [0.2, 0.25) is 12.0 Å². The number of fused-ring (bicyclic) bond motifs is 1. The number of ether oxygens (including phenoxy) is 2. The monoisotopic (exact) mass is 388 g/mol. The van der Waals surface area contributed by atoms with E-state index in [4.69, 9.17) is 9.47 Å². The van der Waals surface area contributed by atoms with Crippen LogP contribution in [0, 0.1) is 0 Å². The highest BCUT2D eigenvalue weighted by Crippen LogP contribution is 2.31. The lowest BCUT2D eigenvalue weighted by Crippen LogP contribution is -2.51. The minimum Gasteiger partial charge on any atom is -0.485 e. The van der Waals surface area contributed by atoms with E-state index in [1.807, 2.05) is 50.4 Å². The topological polar surface area (TPSA) is 67.9 Å². The minimum atomic E-state index is -0.776. The highest BCUT2D eigenvalue weighted by atomic mass is 32.1. The van der Waals surface area contributed by atoms with E-state index in [1.54, 1.807) is 23.5 Å². The lowest BCUT2D eigenvalue weighted by atomic mass is 10.1. The van der Waals surface area contributed by atoms with Crippen LogP contribution in [0.15, 0.2) is 41.8 Å². The van der Waals surface area contributed by atoms with Gasteiger partial charge in [-0.05, 0) is 44.4 Å². The molecule has 1 aromatic carbocycles. The highest BCUT2D eigenvalue weighted by Gasteiger charge is 2.32. The van der Waals surface area contributed by atoms with Crippen LogP contribution in [0.2, 0.25) is 0 Å². The van der Waals surface area contributed by atoms with Crippen LogP contribution in [0.25, 0.3) is 0 Å². The summed E-state index contributed by atoms with van der Waals surface area (Å²) in [7, 11) is 0. The zero-order chi connectivity index (χ0) is 19.4. The van der Waals surface area contributed by atoms with Crippen LogP contribution >= 0.6 is 11.3 Å². The van der Waals surface area contributed by atoms with E-state index in [1.165, 1.54) is 4.90 Å². The fourth-order valence-electron chi connectivity index (χ4n) is 2.78. The standard InChI is InChI=1S/C20H24N2O4S/c1-20(2,3)21-18(23)12-22(11-14-7-6-10-27-14)19(24)17-13-25-15-8-4-5-9-16(15)26-17/h4-10,17H,11-13H2,1-3H3,(H,21,23)/t17-/m0/s1. The zero-order valence-corrected chi connectivity index (χ0v) is 16.5. The Labute approximate surface area is 163 Å². The molecule has 1 aromatic heterocycles. The summed E-state index contributed by atoms with van der Waals surface area (Å²) in [5.74, 6) is 0.695. The molecule has 0 unspecified atom stereocenters. The molecule has 0 saturated carbocycles. The van der Waals surface area contributed by atoms with Gasteiger partial charge in [0.05, 0.1) is 6.54 Å². The number of benzene rings is 1. The summed E-state index contributed by atoms with van der Waals surface area (Å²) in [4.78, 5) is 28.0. The maximum atomic E-state index is 13.1. The van der Waals surface area contributed by atoms with Gasteiger partial charge in [-0.25, -0.2) is 0 Å². The molecule has 1 N–H and O–H groups in total. The van der Waals surface area contributed by atoms with Crippen LogP contribution in [0.5, 0.6) is 11.5 Å². The van der Waals surface area contributed by atoms with Crippen molar-refractivity contribution in [1.82, 2.24) is 10.2 Å². The Morgan fingerprint density at radius 1 is 1.19 bits per heavy atom. The third kappa shape index (κ3) is 5.23. The second-order valence-corrected chi connectivity index (χ2v) is 8.47. The van der Waals surface area contributed by atoms with Gasteiger partial charge in [0.25, 0.3) is 5.91 Å². The molecule has 2 amide bonds. The average molecular weight is 388 g/mol. The van der Waals surface area contributed by atoms with E-state index in [0.717, 1.165) is 4.88 Å². The summed E-state index contributed by atoms with van der Waals surface area (Å²) >= 11 is 1.55. The molecule has 6 nitrogen and oxygen atoms in total. The Kier molecular flexibility index (Phi) is 5.70. The van der Waals surface area contributed by atoms with E-state index in [9.17, 15) is 9.59 Å². The fraction of sp³-hybridized carbons (Fsp3) is 0.400. The van der Waals surface area contributed by atoms with Gasteiger partial charge in [0, 0.05) is 10.4 Å². The molecular weight excluding hydrogens is 364 g/mol. The van der Waals surface area contributed by atoms with Crippen molar-refractivity contribution in [3.05, 3.63) is 46.7 Å². The third-order valence-corrected chi connectivity index (χ3v) is 4.73. The van der Waals surface area contributed by atoms with Crippen molar-refractivity contribution in [2.24, 2.45) is 0 Å². The highest BCUT2D eigenvalue weighted by molar-refractivity contribution is 7.09. The molecule has 0 fully saturated rings. The molecule has 144 valence electrons. The van der Waals surface area contributed by atoms with Gasteiger partial charge in [-0.1, -0.05) is 18.2 Å². The molecule has 2 aromatic rings. The smallest absolute Gasteiger partial charge is 0.268 e. The number of hydrogen-bond donors (Lipinski definition) is 1. The first-order valence-corrected chi connectivity index (χ1v) is 9.70. The fourth-order valence-corrected chi connectivity index (χ4v) is 3.50. The molecule has 0 aliphatic carbocycles. The van der Waals surface area contributed by atoms with Crippen LogP contribution in [-0.2, 0) is 16.1 Å². The molecular formula is C20H24N2O4S. The molecule has 0 spiro atoms. The Hall–Kier alpha value is -2.54. The average Bonchev–Trinajstić information content (AvgIpc) is 3.11. The van der Waals surface area contributed by atoms with Gasteiger partial charge in [-0.3, -0.25) is 9.59 Å². The largest absolute Gasteiger partial charge is 0.485 e. The Balaban J connectivity index is 1.73. The summed E-state index contributed by atoms with van der Waals surface area (Å²) in [6, 6.07) is 11.1. The van der Waals surface area contributed by atoms with Crippen LogP contribution in [0.4, 0.5) is 0 Å². The second kappa shape index (κ2) is 8.00. The number of carbonyl (C=O) groups is 2. The predicted molar refractivity (Wildman–Crippen MR) is 104 cm³/mol. The van der Waals surface area contributed by atoms with E-state index >= 15 is 0 Å². The number of nitrogens with zero attached hydrogens (tertiary/aromatic N) is 1. The van der Waals surface area contributed by atoms with E-state index in [0.29, 0.717) is 18.0 Å². The van der Waals surface area contributed by atoms with Crippen molar-refractivity contribution < 1.29 is 19.1 Å². The molecule has 2 heterocycles. The summed E-state index contributed by atoms with van der Waals surface area (Å²) < 4.78 is 11.5. The first-order valence-electron chi connectivity index (χ1n) is 8.82. The van der Waals surface area contributed by atoms with Gasteiger partial charge in [0.1, 0.15) is 13.2 Å². The SMILES string of the molecule is CC(C)(C)NC(=O)CN(Cc1cccs1)C(=O)[C@@H]1COc2ccccc2O1. The Morgan fingerprint density at radius 3 is 2.59 bits per heavy atom. The van der Waals surface area contributed by atoms with E-state index in [-0.39, 0.29) is 30.5 Å². The van der Waals surface area contributed by atoms with Crippen LogP contribution in [0.1, 0.15) is 25.6 Å². The van der Waals surface area contributed by atoms with Crippen molar-refractivity contribution in [1.29, 1.82) is 0 Å². The quantitative estimate of drug-likeness (QED) is 0.855. The maximum Gasteiger partial charge on any atom is 0.268 e. The van der Waals surface area contributed by atoms with Crippen molar-refractivity contribution in [3.63, 3.8) is 0 Å². The van der Waals surface area contributed by atoms with Crippen molar-refractivity contribution in [3.8, 4) is 11.5 Å². The second-order valence-electron chi connectivity index (χ2n) is 7.44. The number of thiophene rings is 1. The van der Waals surface area contributed by atoms with E-state index < -0.39 is 6.10 Å². The van der Waals surface area contributed by atoms with Gasteiger partial charge in [-0.15, -0.1) is 11.3 Å². The minimum absolute atomic E-state index is 0.0322. The van der Waals surface area contributed by atoms with Gasteiger partial charge >= 0.3 is 0 Å². The molecule has 0 radical (unpaired) electrons. The Bertz CT molecular complexity index is 799. The number of rotatable bonds is 5. The predicted octanol–water partition coefficient (Wildman–Crippen LogP) is 2.83. The molecule has 7 heteroatoms. The number of nitrogens with one attached hydrogen (secondary N) is 1. The van der Waals surface area contributed by atoms with Crippen LogP contribution in [-0.4, -0.2) is 41.5 Å². The molecule has 3 rings (SSSR count). The third-order valence-electron chi connectivity index (χ3n) is 3.87. The van der Waals surface area contributed by atoms with Gasteiger partial charge < -0.3 is 19.7 Å². The number of carbonyl (C=O) groups excluding carboxylic acids is 2. The summed E-state index contributed by atoms with van der Waals surface area (Å²) in [5.41, 5.74) is -0.363. The van der Waals surface area contributed by atoms with E-state index in [2.05, 4.69) is 5.32 Å². The van der Waals surface area contributed by atoms with Crippen molar-refractivity contribution in [2.45, 2.75) is 39.0 Å². The maximum absolute atomic E-state index is 13.1. The summed E-state index contributed by atoms with van der Waals surface area (Å²) in [6.07, 6.45) is -0.776. The number of hydrogen-bond acceptors (Lipinski definition) is 5. The van der Waals surface area contributed by atoms with Crippen LogP contribution < -0.4 is 14.8 Å². The first-order chi connectivity index (χ1) is 12.8. The van der Waals surface area contributed by atoms with Crippen molar-refractivity contribution in [2.75, 3.05) is 13.2 Å². The first kappa shape index (κ1) is 19.2. The normalized spacial score (nSPS) is 15.9. The summed E-state index contributed by atoms with van der Waals surface area (Å²) in [6.45, 7) is 6.17. The Morgan fingerprint density at radius 2 is 1.93 bits per heavy atom. The number of para-hydroxylation sites is 2. The molecule has 1 aliphatic heterocycles. The zero-order valence-electron chi connectivity index (χ0n) is 15.7. The molecule has 1 atom stereocenters. The molecule has 1 aliphatic rings. The lowest BCUT2D eigenvalue weighted by Gasteiger charge is -2.31. The van der Waals surface area contributed by atoms with Gasteiger partial charge in [-0.2, -0.15) is 0 Å². The molecule has 27 heavy (non-hydrogen) atoms. The lowest BCUT2D eigenvalue weighted by molar-refractivity contribution is -0.145. The summed E-state index contributed by atoms with van der Waals surface area (Å²) in [5, 5.41) is 4.85. The molecule has 0 bridgehead atoms.